The number of nitrogens with zero attached hydrogens (tertiary/aromatic N) is 2. The summed E-state index contributed by atoms with van der Waals surface area (Å²) >= 11 is 6.36. The predicted molar refractivity (Wildman–Crippen MR) is 66.8 cm³/mol. The second-order valence-electron chi connectivity index (χ2n) is 4.77. The zero-order valence-corrected chi connectivity index (χ0v) is 10.8. The van der Waals surface area contributed by atoms with Crippen LogP contribution in [-0.4, -0.2) is 15.3 Å². The molecular formula is C12H20ClN3. The molecule has 2 N–H and O–H groups in total. The third kappa shape index (κ3) is 1.98. The molecule has 4 heteroatoms. The Kier molecular flexibility index (Phi) is 3.27. The van der Waals surface area contributed by atoms with Crippen molar-refractivity contribution < 1.29 is 0 Å². The Morgan fingerprint density at radius 3 is 2.56 bits per heavy atom. The highest BCUT2D eigenvalue weighted by Gasteiger charge is 2.34. The highest BCUT2D eigenvalue weighted by Crippen LogP contribution is 2.35. The van der Waals surface area contributed by atoms with Gasteiger partial charge in [0.25, 0.3) is 0 Å². The lowest BCUT2D eigenvalue weighted by Crippen LogP contribution is -2.48. The van der Waals surface area contributed by atoms with Gasteiger partial charge in [0.05, 0.1) is 16.4 Å². The van der Waals surface area contributed by atoms with Gasteiger partial charge in [0.1, 0.15) is 0 Å². The Morgan fingerprint density at radius 1 is 1.44 bits per heavy atom. The van der Waals surface area contributed by atoms with Gasteiger partial charge in [-0.25, -0.2) is 0 Å². The zero-order chi connectivity index (χ0) is 11.8. The van der Waals surface area contributed by atoms with Crippen LogP contribution in [0.25, 0.3) is 0 Å². The van der Waals surface area contributed by atoms with Crippen molar-refractivity contribution in [3.05, 3.63) is 16.4 Å². The molecule has 0 radical (unpaired) electrons. The molecule has 2 rings (SSSR count). The average molecular weight is 242 g/mol. The van der Waals surface area contributed by atoms with Gasteiger partial charge >= 0.3 is 0 Å². The minimum atomic E-state index is -0.0262. The van der Waals surface area contributed by atoms with Crippen LogP contribution in [-0.2, 0) is 19.4 Å². The third-order valence-electron chi connectivity index (χ3n) is 3.56. The quantitative estimate of drug-likeness (QED) is 0.881. The van der Waals surface area contributed by atoms with Crippen molar-refractivity contribution in [3.8, 4) is 0 Å². The van der Waals surface area contributed by atoms with Crippen LogP contribution in [0.5, 0.6) is 0 Å². The monoisotopic (exact) mass is 241 g/mol. The Morgan fingerprint density at radius 2 is 2.12 bits per heavy atom. The molecule has 0 aromatic carbocycles. The first-order valence-corrected chi connectivity index (χ1v) is 6.50. The summed E-state index contributed by atoms with van der Waals surface area (Å²) in [7, 11) is 0. The highest BCUT2D eigenvalue weighted by molar-refractivity contribution is 6.31. The summed E-state index contributed by atoms with van der Waals surface area (Å²) in [5.41, 5.74) is 8.38. The summed E-state index contributed by atoms with van der Waals surface area (Å²) in [5, 5.41) is 5.35. The summed E-state index contributed by atoms with van der Waals surface area (Å²) in [5.74, 6) is 0. The van der Waals surface area contributed by atoms with Gasteiger partial charge in [-0.2, -0.15) is 5.10 Å². The van der Waals surface area contributed by atoms with Gasteiger partial charge in [-0.1, -0.05) is 18.5 Å². The molecule has 1 aromatic rings. The van der Waals surface area contributed by atoms with E-state index in [9.17, 15) is 0 Å². The van der Waals surface area contributed by atoms with Crippen molar-refractivity contribution in [1.29, 1.82) is 0 Å². The van der Waals surface area contributed by atoms with Crippen molar-refractivity contribution in [1.82, 2.24) is 9.78 Å². The molecule has 0 bridgehead atoms. The van der Waals surface area contributed by atoms with E-state index in [1.54, 1.807) is 0 Å². The van der Waals surface area contributed by atoms with E-state index in [0.717, 1.165) is 48.6 Å². The molecule has 0 unspecified atom stereocenters. The minimum Gasteiger partial charge on any atom is -0.325 e. The molecule has 1 aliphatic carbocycles. The average Bonchev–Trinajstić information content (AvgIpc) is 2.53. The Bertz CT molecular complexity index is 380. The van der Waals surface area contributed by atoms with Crippen molar-refractivity contribution in [3.63, 3.8) is 0 Å². The van der Waals surface area contributed by atoms with Crippen molar-refractivity contribution in [2.75, 3.05) is 0 Å². The normalized spacial score (nSPS) is 18.5. The van der Waals surface area contributed by atoms with Crippen LogP contribution in [0.1, 0.15) is 44.5 Å². The molecule has 0 amide bonds. The standard InChI is InChI=1S/C12H20ClN3/c1-3-9-11(13)10(16(4-2)15-9)8-12(14)6-5-7-12/h3-8,14H2,1-2H3. The summed E-state index contributed by atoms with van der Waals surface area (Å²) in [4.78, 5) is 0. The van der Waals surface area contributed by atoms with Gasteiger partial charge in [-0.05, 0) is 32.6 Å². The molecule has 0 saturated heterocycles. The van der Waals surface area contributed by atoms with Gasteiger partial charge in [0, 0.05) is 18.5 Å². The highest BCUT2D eigenvalue weighted by atomic mass is 35.5. The zero-order valence-electron chi connectivity index (χ0n) is 10.1. The topological polar surface area (TPSA) is 43.8 Å². The Labute approximate surface area is 102 Å². The van der Waals surface area contributed by atoms with Gasteiger partial charge in [-0.15, -0.1) is 0 Å². The summed E-state index contributed by atoms with van der Waals surface area (Å²) < 4.78 is 2.01. The number of aryl methyl sites for hydroxylation is 2. The maximum Gasteiger partial charge on any atom is 0.0850 e. The Balaban J connectivity index is 2.27. The number of nitrogens with two attached hydrogens (primary N) is 1. The second-order valence-corrected chi connectivity index (χ2v) is 5.15. The first-order chi connectivity index (χ1) is 7.59. The van der Waals surface area contributed by atoms with Crippen LogP contribution in [0.4, 0.5) is 0 Å². The lowest BCUT2D eigenvalue weighted by molar-refractivity contribution is 0.242. The van der Waals surface area contributed by atoms with E-state index in [0.29, 0.717) is 0 Å². The molecule has 1 heterocycles. The fourth-order valence-corrected chi connectivity index (χ4v) is 2.66. The van der Waals surface area contributed by atoms with E-state index >= 15 is 0 Å². The molecule has 0 atom stereocenters. The number of rotatable bonds is 4. The number of aromatic nitrogens is 2. The predicted octanol–water partition coefficient (Wildman–Crippen LogP) is 2.54. The molecular weight excluding hydrogens is 222 g/mol. The van der Waals surface area contributed by atoms with Crippen LogP contribution in [0.2, 0.25) is 5.02 Å². The lowest BCUT2D eigenvalue weighted by Gasteiger charge is -2.38. The summed E-state index contributed by atoms with van der Waals surface area (Å²) in [6.45, 7) is 5.04. The first kappa shape index (κ1) is 11.9. The fraction of sp³-hybridized carbons (Fsp3) is 0.750. The molecule has 16 heavy (non-hydrogen) atoms. The van der Waals surface area contributed by atoms with Crippen LogP contribution >= 0.6 is 11.6 Å². The van der Waals surface area contributed by atoms with E-state index in [1.165, 1.54) is 6.42 Å². The summed E-state index contributed by atoms with van der Waals surface area (Å²) in [6.07, 6.45) is 5.22. The molecule has 0 spiro atoms. The van der Waals surface area contributed by atoms with Crippen molar-refractivity contribution in [2.45, 2.75) is 58.0 Å². The van der Waals surface area contributed by atoms with Gasteiger partial charge in [0.15, 0.2) is 0 Å². The second kappa shape index (κ2) is 4.38. The lowest BCUT2D eigenvalue weighted by atomic mass is 9.74. The molecule has 3 nitrogen and oxygen atoms in total. The smallest absolute Gasteiger partial charge is 0.0850 e. The van der Waals surface area contributed by atoms with Crippen LogP contribution < -0.4 is 5.73 Å². The molecule has 1 aliphatic rings. The first-order valence-electron chi connectivity index (χ1n) is 6.12. The van der Waals surface area contributed by atoms with E-state index < -0.39 is 0 Å². The van der Waals surface area contributed by atoms with Gasteiger partial charge in [0.2, 0.25) is 0 Å². The molecule has 1 saturated carbocycles. The molecule has 1 aromatic heterocycles. The number of hydrogen-bond donors (Lipinski definition) is 1. The molecule has 0 aliphatic heterocycles. The fourth-order valence-electron chi connectivity index (χ4n) is 2.33. The number of hydrogen-bond acceptors (Lipinski definition) is 2. The third-order valence-corrected chi connectivity index (χ3v) is 4.00. The van der Waals surface area contributed by atoms with E-state index in [1.807, 2.05) is 4.68 Å². The van der Waals surface area contributed by atoms with Gasteiger partial charge in [-0.3, -0.25) is 4.68 Å². The van der Waals surface area contributed by atoms with Crippen LogP contribution in [0, 0.1) is 0 Å². The molecule has 1 fully saturated rings. The van der Waals surface area contributed by atoms with Crippen molar-refractivity contribution >= 4 is 11.6 Å². The Hall–Kier alpha value is -0.540. The van der Waals surface area contributed by atoms with E-state index in [4.69, 9.17) is 17.3 Å². The van der Waals surface area contributed by atoms with Crippen LogP contribution in [0.3, 0.4) is 0 Å². The maximum absolute atomic E-state index is 6.36. The van der Waals surface area contributed by atoms with E-state index in [2.05, 4.69) is 18.9 Å². The maximum atomic E-state index is 6.36. The minimum absolute atomic E-state index is 0.0262. The summed E-state index contributed by atoms with van der Waals surface area (Å²) in [6, 6.07) is 0. The van der Waals surface area contributed by atoms with E-state index in [-0.39, 0.29) is 5.54 Å². The largest absolute Gasteiger partial charge is 0.325 e. The van der Waals surface area contributed by atoms with Crippen LogP contribution in [0.15, 0.2) is 0 Å². The SMILES string of the molecule is CCc1nn(CC)c(CC2(N)CCC2)c1Cl. The van der Waals surface area contributed by atoms with Gasteiger partial charge < -0.3 is 5.73 Å². The number of halogens is 1. The van der Waals surface area contributed by atoms with Crippen molar-refractivity contribution in [2.24, 2.45) is 5.73 Å². The molecule has 90 valence electrons.